The molecule has 1 atom stereocenters. The fraction of sp³-hybridized carbons (Fsp3) is 0.364. The van der Waals surface area contributed by atoms with Gasteiger partial charge in [-0.15, -0.1) is 0 Å². The molecule has 0 saturated carbocycles. The number of hydrogen-bond donors (Lipinski definition) is 2. The van der Waals surface area contributed by atoms with Crippen LogP contribution in [0.25, 0.3) is 0 Å². The molecule has 0 spiro atoms. The summed E-state index contributed by atoms with van der Waals surface area (Å²) in [6.07, 6.45) is 1.36. The van der Waals surface area contributed by atoms with E-state index in [1.165, 1.54) is 0 Å². The molecule has 82 valence electrons. The zero-order valence-corrected chi connectivity index (χ0v) is 9.29. The van der Waals surface area contributed by atoms with Crippen LogP contribution in [0.1, 0.15) is 31.2 Å². The topological polar surface area (TPSA) is 63.3 Å². The zero-order chi connectivity index (χ0) is 11.4. The monoisotopic (exact) mass is 227 g/mol. The molecule has 0 aliphatic carbocycles. The predicted octanol–water partition coefficient (Wildman–Crippen LogP) is 2.89. The third-order valence-corrected chi connectivity index (χ3v) is 2.53. The van der Waals surface area contributed by atoms with E-state index >= 15 is 0 Å². The minimum Gasteiger partial charge on any atom is -0.481 e. The number of nitrogen functional groups attached to an aromatic ring is 1. The lowest BCUT2D eigenvalue weighted by Gasteiger charge is -2.14. The van der Waals surface area contributed by atoms with Crippen molar-refractivity contribution >= 4 is 23.3 Å². The fourth-order valence-electron chi connectivity index (χ4n) is 1.55. The Balaban J connectivity index is 3.09. The number of benzene rings is 1. The molecule has 0 saturated heterocycles. The van der Waals surface area contributed by atoms with Gasteiger partial charge in [0.2, 0.25) is 0 Å². The Morgan fingerprint density at radius 2 is 2.27 bits per heavy atom. The molecule has 0 fully saturated rings. The second kappa shape index (κ2) is 5.03. The Kier molecular flexibility index (Phi) is 3.97. The van der Waals surface area contributed by atoms with E-state index < -0.39 is 11.9 Å². The van der Waals surface area contributed by atoms with E-state index in [2.05, 4.69) is 0 Å². The first-order valence-corrected chi connectivity index (χ1v) is 5.21. The molecule has 3 nitrogen and oxygen atoms in total. The molecular weight excluding hydrogens is 214 g/mol. The SMILES string of the molecule is CCCC(C(=O)O)c1cc(Cl)ccc1N. The molecule has 4 heteroatoms. The van der Waals surface area contributed by atoms with E-state index in [1.54, 1.807) is 18.2 Å². The van der Waals surface area contributed by atoms with Crippen LogP contribution in [0.15, 0.2) is 18.2 Å². The summed E-state index contributed by atoms with van der Waals surface area (Å²) in [6.45, 7) is 1.94. The molecule has 0 bridgehead atoms. The molecule has 1 aromatic rings. The summed E-state index contributed by atoms with van der Waals surface area (Å²) in [6, 6.07) is 4.93. The van der Waals surface area contributed by atoms with Gasteiger partial charge in [0.25, 0.3) is 0 Å². The maximum absolute atomic E-state index is 11.1. The molecule has 0 aliphatic heterocycles. The van der Waals surface area contributed by atoms with Crippen LogP contribution in [0.3, 0.4) is 0 Å². The van der Waals surface area contributed by atoms with Crippen LogP contribution in [-0.4, -0.2) is 11.1 Å². The van der Waals surface area contributed by atoms with Crippen molar-refractivity contribution < 1.29 is 9.90 Å². The number of hydrogen-bond acceptors (Lipinski definition) is 2. The molecule has 0 radical (unpaired) electrons. The number of nitrogens with two attached hydrogens (primary N) is 1. The normalized spacial score (nSPS) is 12.4. The summed E-state index contributed by atoms with van der Waals surface area (Å²) in [7, 11) is 0. The van der Waals surface area contributed by atoms with Gasteiger partial charge >= 0.3 is 5.97 Å². The minimum absolute atomic E-state index is 0.486. The minimum atomic E-state index is -0.856. The molecule has 0 aromatic heterocycles. The first-order chi connectivity index (χ1) is 7.06. The summed E-state index contributed by atoms with van der Waals surface area (Å²) in [4.78, 5) is 11.1. The van der Waals surface area contributed by atoms with Gasteiger partial charge in [0.1, 0.15) is 0 Å². The van der Waals surface area contributed by atoms with Gasteiger partial charge in [0.05, 0.1) is 5.92 Å². The van der Waals surface area contributed by atoms with Gasteiger partial charge in [-0.05, 0) is 30.2 Å². The summed E-state index contributed by atoms with van der Waals surface area (Å²) in [5.41, 5.74) is 6.83. The number of anilines is 1. The molecule has 15 heavy (non-hydrogen) atoms. The van der Waals surface area contributed by atoms with E-state index in [1.807, 2.05) is 6.92 Å². The Hall–Kier alpha value is -1.22. The number of carbonyl (C=O) groups is 1. The summed E-state index contributed by atoms with van der Waals surface area (Å²) in [5, 5.41) is 9.59. The van der Waals surface area contributed by atoms with Gasteiger partial charge < -0.3 is 10.8 Å². The van der Waals surface area contributed by atoms with Crippen LogP contribution in [0.4, 0.5) is 5.69 Å². The third-order valence-electron chi connectivity index (χ3n) is 2.30. The third kappa shape index (κ3) is 2.86. The lowest BCUT2D eigenvalue weighted by molar-refractivity contribution is -0.139. The molecule has 0 heterocycles. The van der Waals surface area contributed by atoms with Crippen molar-refractivity contribution in [3.63, 3.8) is 0 Å². The van der Waals surface area contributed by atoms with Crippen LogP contribution in [-0.2, 0) is 4.79 Å². The summed E-state index contributed by atoms with van der Waals surface area (Å²) < 4.78 is 0. The fourth-order valence-corrected chi connectivity index (χ4v) is 1.73. The van der Waals surface area contributed by atoms with E-state index in [-0.39, 0.29) is 0 Å². The molecule has 1 rings (SSSR count). The predicted molar refractivity (Wildman–Crippen MR) is 61.1 cm³/mol. The van der Waals surface area contributed by atoms with Gasteiger partial charge in [-0.1, -0.05) is 24.9 Å². The summed E-state index contributed by atoms with van der Waals surface area (Å²) in [5.74, 6) is -1.42. The standard InChI is InChI=1S/C11H14ClNO2/c1-2-3-8(11(14)15)9-6-7(12)4-5-10(9)13/h4-6,8H,2-3,13H2,1H3,(H,14,15). The van der Waals surface area contributed by atoms with Crippen molar-refractivity contribution in [1.29, 1.82) is 0 Å². The maximum atomic E-state index is 11.1. The van der Waals surface area contributed by atoms with Crippen molar-refractivity contribution in [2.75, 3.05) is 5.73 Å². The molecule has 0 amide bonds. The van der Waals surface area contributed by atoms with Crippen LogP contribution in [0, 0.1) is 0 Å². The van der Waals surface area contributed by atoms with E-state index in [9.17, 15) is 4.79 Å². The molecule has 3 N–H and O–H groups in total. The Bertz CT molecular complexity index is 366. The second-order valence-corrected chi connectivity index (χ2v) is 3.89. The molecule has 0 aliphatic rings. The highest BCUT2D eigenvalue weighted by Gasteiger charge is 2.21. The summed E-state index contributed by atoms with van der Waals surface area (Å²) >= 11 is 5.82. The Labute approximate surface area is 93.9 Å². The average Bonchev–Trinajstić information content (AvgIpc) is 2.18. The van der Waals surface area contributed by atoms with Crippen LogP contribution < -0.4 is 5.73 Å². The first kappa shape index (κ1) is 11.9. The Morgan fingerprint density at radius 3 is 2.80 bits per heavy atom. The molecule has 1 aromatic carbocycles. The van der Waals surface area contributed by atoms with Crippen molar-refractivity contribution in [3.05, 3.63) is 28.8 Å². The van der Waals surface area contributed by atoms with Gasteiger partial charge in [-0.2, -0.15) is 0 Å². The lowest BCUT2D eigenvalue weighted by atomic mass is 9.93. The largest absolute Gasteiger partial charge is 0.481 e. The number of halogens is 1. The highest BCUT2D eigenvalue weighted by Crippen LogP contribution is 2.29. The second-order valence-electron chi connectivity index (χ2n) is 3.45. The lowest BCUT2D eigenvalue weighted by Crippen LogP contribution is -2.13. The number of rotatable bonds is 4. The zero-order valence-electron chi connectivity index (χ0n) is 8.53. The van der Waals surface area contributed by atoms with Crippen molar-refractivity contribution in [1.82, 2.24) is 0 Å². The van der Waals surface area contributed by atoms with Gasteiger partial charge in [0, 0.05) is 10.7 Å². The van der Waals surface area contributed by atoms with E-state index in [0.717, 1.165) is 6.42 Å². The van der Waals surface area contributed by atoms with Gasteiger partial charge in [-0.3, -0.25) is 4.79 Å². The molecular formula is C11H14ClNO2. The van der Waals surface area contributed by atoms with Crippen LogP contribution in [0.2, 0.25) is 5.02 Å². The Morgan fingerprint density at radius 1 is 1.60 bits per heavy atom. The number of carboxylic acid groups (broad SMARTS) is 1. The quantitative estimate of drug-likeness (QED) is 0.778. The van der Waals surface area contributed by atoms with Crippen molar-refractivity contribution in [2.24, 2.45) is 0 Å². The average molecular weight is 228 g/mol. The first-order valence-electron chi connectivity index (χ1n) is 4.84. The highest BCUT2D eigenvalue weighted by atomic mass is 35.5. The smallest absolute Gasteiger partial charge is 0.311 e. The molecule has 1 unspecified atom stereocenters. The van der Waals surface area contributed by atoms with Crippen LogP contribution in [0.5, 0.6) is 0 Å². The van der Waals surface area contributed by atoms with Crippen molar-refractivity contribution in [2.45, 2.75) is 25.7 Å². The van der Waals surface area contributed by atoms with Crippen LogP contribution >= 0.6 is 11.6 Å². The van der Waals surface area contributed by atoms with Gasteiger partial charge in [-0.25, -0.2) is 0 Å². The number of carboxylic acids is 1. The number of aliphatic carboxylic acids is 1. The van der Waals surface area contributed by atoms with E-state index in [0.29, 0.717) is 22.7 Å². The van der Waals surface area contributed by atoms with Gasteiger partial charge in [0.15, 0.2) is 0 Å². The van der Waals surface area contributed by atoms with Crippen molar-refractivity contribution in [3.8, 4) is 0 Å². The highest BCUT2D eigenvalue weighted by molar-refractivity contribution is 6.30. The van der Waals surface area contributed by atoms with E-state index in [4.69, 9.17) is 22.4 Å². The maximum Gasteiger partial charge on any atom is 0.311 e.